The van der Waals surface area contributed by atoms with E-state index in [1.807, 2.05) is 41.3 Å². The van der Waals surface area contributed by atoms with Gasteiger partial charge in [-0.1, -0.05) is 18.2 Å². The van der Waals surface area contributed by atoms with Crippen LogP contribution in [0.1, 0.15) is 5.56 Å². The maximum absolute atomic E-state index is 8.80. The summed E-state index contributed by atoms with van der Waals surface area (Å²) in [5.41, 5.74) is 2.25. The number of benzene rings is 1. The van der Waals surface area contributed by atoms with Gasteiger partial charge < -0.3 is 4.90 Å². The molecule has 1 aromatic carbocycles. The van der Waals surface area contributed by atoms with Crippen LogP contribution in [0.3, 0.4) is 0 Å². The van der Waals surface area contributed by atoms with Crippen molar-refractivity contribution in [3.05, 3.63) is 29.8 Å². The second-order valence-corrected chi connectivity index (χ2v) is 3.23. The maximum atomic E-state index is 8.80. The van der Waals surface area contributed by atoms with Crippen molar-refractivity contribution in [1.29, 1.82) is 10.5 Å². The fourth-order valence-electron chi connectivity index (χ4n) is 1.80. The molecule has 14 heavy (non-hydrogen) atoms. The molecule has 2 rings (SSSR count). The number of fused-ring (bicyclic) bond motifs is 1. The zero-order chi connectivity index (χ0) is 9.97. The van der Waals surface area contributed by atoms with E-state index in [0.717, 1.165) is 18.7 Å². The largest absolute Gasteiger partial charge is 0.344 e. The van der Waals surface area contributed by atoms with Gasteiger partial charge in [0.25, 0.3) is 0 Å². The lowest BCUT2D eigenvalue weighted by Crippen LogP contribution is -2.31. The summed E-state index contributed by atoms with van der Waals surface area (Å²) in [6.45, 7) is 0.769. The Labute approximate surface area is 82.8 Å². The molecule has 0 aromatic heterocycles. The number of rotatable bonds is 1. The third-order valence-corrected chi connectivity index (χ3v) is 2.48. The minimum atomic E-state index is -0.654. The topological polar surface area (TPSA) is 50.8 Å². The third-order valence-electron chi connectivity index (χ3n) is 2.48. The van der Waals surface area contributed by atoms with Crippen LogP contribution in [-0.4, -0.2) is 12.6 Å². The average molecular weight is 183 g/mol. The lowest BCUT2D eigenvalue weighted by molar-refractivity contribution is 0.832. The number of nitrogens with zero attached hydrogens (tertiary/aromatic N) is 3. The summed E-state index contributed by atoms with van der Waals surface area (Å²) < 4.78 is 0. The van der Waals surface area contributed by atoms with Gasteiger partial charge in [-0.2, -0.15) is 10.5 Å². The highest BCUT2D eigenvalue weighted by Gasteiger charge is 2.24. The highest BCUT2D eigenvalue weighted by molar-refractivity contribution is 5.60. The summed E-state index contributed by atoms with van der Waals surface area (Å²) in [5.74, 6) is 0. The molecule has 1 aliphatic rings. The SMILES string of the molecule is N#CC(C#N)N1CCc2ccccc21. The Morgan fingerprint density at radius 2 is 1.93 bits per heavy atom. The van der Waals surface area contributed by atoms with Gasteiger partial charge in [0.05, 0.1) is 0 Å². The number of para-hydroxylation sites is 1. The van der Waals surface area contributed by atoms with Crippen molar-refractivity contribution in [2.24, 2.45) is 0 Å². The Balaban J connectivity index is 2.36. The number of nitriles is 2. The minimum Gasteiger partial charge on any atom is -0.344 e. The molecule has 0 unspecified atom stereocenters. The van der Waals surface area contributed by atoms with E-state index in [1.165, 1.54) is 5.56 Å². The Morgan fingerprint density at radius 1 is 1.21 bits per heavy atom. The van der Waals surface area contributed by atoms with E-state index in [-0.39, 0.29) is 0 Å². The molecule has 0 spiro atoms. The van der Waals surface area contributed by atoms with Crippen molar-refractivity contribution >= 4 is 5.69 Å². The molecular formula is C11H9N3. The standard InChI is InChI=1S/C11H9N3/c12-7-10(8-13)14-6-5-9-3-1-2-4-11(9)14/h1-4,10H,5-6H2. The molecule has 1 heterocycles. The molecule has 1 aliphatic heterocycles. The summed E-state index contributed by atoms with van der Waals surface area (Å²) in [6, 6.07) is 11.3. The van der Waals surface area contributed by atoms with Crippen LogP contribution in [0.5, 0.6) is 0 Å². The molecule has 0 atom stereocenters. The van der Waals surface area contributed by atoms with Crippen molar-refractivity contribution in [3.8, 4) is 12.1 Å². The molecule has 3 nitrogen and oxygen atoms in total. The van der Waals surface area contributed by atoms with Gasteiger partial charge >= 0.3 is 0 Å². The van der Waals surface area contributed by atoms with Gasteiger partial charge in [0.2, 0.25) is 6.04 Å². The summed E-state index contributed by atoms with van der Waals surface area (Å²) in [6.07, 6.45) is 0.927. The van der Waals surface area contributed by atoms with Crippen molar-refractivity contribution in [2.75, 3.05) is 11.4 Å². The predicted octanol–water partition coefficient (Wildman–Crippen LogP) is 1.46. The predicted molar refractivity (Wildman–Crippen MR) is 52.5 cm³/mol. The van der Waals surface area contributed by atoms with Crippen LogP contribution in [0.25, 0.3) is 0 Å². The average Bonchev–Trinajstić information content (AvgIpc) is 2.65. The number of hydrogen-bond acceptors (Lipinski definition) is 3. The third kappa shape index (κ3) is 1.20. The van der Waals surface area contributed by atoms with Crippen LogP contribution < -0.4 is 4.90 Å². The van der Waals surface area contributed by atoms with Crippen molar-refractivity contribution in [3.63, 3.8) is 0 Å². The van der Waals surface area contributed by atoms with Crippen molar-refractivity contribution < 1.29 is 0 Å². The summed E-state index contributed by atoms with van der Waals surface area (Å²) in [4.78, 5) is 1.86. The fourth-order valence-corrected chi connectivity index (χ4v) is 1.80. The van der Waals surface area contributed by atoms with E-state index < -0.39 is 6.04 Å². The zero-order valence-electron chi connectivity index (χ0n) is 7.64. The first-order valence-corrected chi connectivity index (χ1v) is 4.50. The molecule has 1 aromatic rings. The second-order valence-electron chi connectivity index (χ2n) is 3.23. The highest BCUT2D eigenvalue weighted by atomic mass is 15.2. The van der Waals surface area contributed by atoms with E-state index in [9.17, 15) is 0 Å². The molecular weight excluding hydrogens is 174 g/mol. The number of anilines is 1. The molecule has 0 bridgehead atoms. The van der Waals surface area contributed by atoms with Gasteiger partial charge in [-0.3, -0.25) is 0 Å². The quantitative estimate of drug-likeness (QED) is 0.662. The van der Waals surface area contributed by atoms with Crippen molar-refractivity contribution in [1.82, 2.24) is 0 Å². The Bertz CT molecular complexity index is 411. The molecule has 0 amide bonds. The van der Waals surface area contributed by atoms with Gasteiger partial charge in [-0.15, -0.1) is 0 Å². The van der Waals surface area contributed by atoms with Crippen LogP contribution in [-0.2, 0) is 6.42 Å². The van der Waals surface area contributed by atoms with Crippen LogP contribution >= 0.6 is 0 Å². The first kappa shape index (κ1) is 8.59. The number of hydrogen-bond donors (Lipinski definition) is 0. The van der Waals surface area contributed by atoms with Gasteiger partial charge in [0.1, 0.15) is 12.1 Å². The van der Waals surface area contributed by atoms with Crippen LogP contribution in [0, 0.1) is 22.7 Å². The van der Waals surface area contributed by atoms with Gasteiger partial charge in [-0.05, 0) is 18.1 Å². The van der Waals surface area contributed by atoms with Crippen LogP contribution in [0.15, 0.2) is 24.3 Å². The van der Waals surface area contributed by atoms with E-state index in [1.54, 1.807) is 0 Å². The molecule has 0 saturated carbocycles. The lowest BCUT2D eigenvalue weighted by Gasteiger charge is -2.19. The smallest absolute Gasteiger partial charge is 0.204 e. The summed E-state index contributed by atoms with van der Waals surface area (Å²) in [5, 5.41) is 17.6. The normalized spacial score (nSPS) is 13.5. The second kappa shape index (κ2) is 3.40. The Morgan fingerprint density at radius 3 is 2.64 bits per heavy atom. The molecule has 3 heteroatoms. The Hall–Kier alpha value is -2.00. The molecule has 0 fully saturated rings. The molecule has 0 N–H and O–H groups in total. The fraction of sp³-hybridized carbons (Fsp3) is 0.273. The summed E-state index contributed by atoms with van der Waals surface area (Å²) >= 11 is 0. The lowest BCUT2D eigenvalue weighted by atomic mass is 10.2. The van der Waals surface area contributed by atoms with Gasteiger partial charge in [-0.25, -0.2) is 0 Å². The van der Waals surface area contributed by atoms with Crippen LogP contribution in [0.2, 0.25) is 0 Å². The Kier molecular flexibility index (Phi) is 2.08. The maximum Gasteiger partial charge on any atom is 0.204 e. The zero-order valence-corrected chi connectivity index (χ0v) is 7.64. The highest BCUT2D eigenvalue weighted by Crippen LogP contribution is 2.28. The molecule has 0 saturated heterocycles. The van der Waals surface area contributed by atoms with Crippen LogP contribution in [0.4, 0.5) is 5.69 Å². The van der Waals surface area contributed by atoms with E-state index in [2.05, 4.69) is 0 Å². The summed E-state index contributed by atoms with van der Waals surface area (Å²) in [7, 11) is 0. The molecule has 0 aliphatic carbocycles. The van der Waals surface area contributed by atoms with E-state index in [4.69, 9.17) is 10.5 Å². The van der Waals surface area contributed by atoms with Gasteiger partial charge in [0, 0.05) is 12.2 Å². The van der Waals surface area contributed by atoms with Crippen molar-refractivity contribution in [2.45, 2.75) is 12.5 Å². The molecule has 68 valence electrons. The van der Waals surface area contributed by atoms with E-state index >= 15 is 0 Å². The minimum absolute atomic E-state index is 0.654. The first-order valence-electron chi connectivity index (χ1n) is 4.50. The first-order chi connectivity index (χ1) is 6.86. The van der Waals surface area contributed by atoms with E-state index in [0.29, 0.717) is 0 Å². The monoisotopic (exact) mass is 183 g/mol. The van der Waals surface area contributed by atoms with Gasteiger partial charge in [0.15, 0.2) is 0 Å². The molecule has 0 radical (unpaired) electrons.